The number of nitro benzene ring substituents is 1. The number of fused-ring (bicyclic) bond motifs is 1. The summed E-state index contributed by atoms with van der Waals surface area (Å²) in [5, 5.41) is 21.5. The van der Waals surface area contributed by atoms with Gasteiger partial charge in [-0.2, -0.15) is 0 Å². The Balaban J connectivity index is 2.03. The highest BCUT2D eigenvalue weighted by atomic mass is 35.5. The lowest BCUT2D eigenvalue weighted by Gasteiger charge is -2.00. The molecule has 0 unspecified atom stereocenters. The molecule has 122 valence electrons. The predicted molar refractivity (Wildman–Crippen MR) is 96.1 cm³/mol. The first-order valence-electron chi connectivity index (χ1n) is 6.94. The van der Waals surface area contributed by atoms with E-state index in [0.717, 1.165) is 27.4 Å². The van der Waals surface area contributed by atoms with Crippen molar-refractivity contribution in [2.75, 3.05) is 0 Å². The summed E-state index contributed by atoms with van der Waals surface area (Å²) in [6, 6.07) is 6.58. The zero-order chi connectivity index (χ0) is 17.4. The third-order valence-corrected chi connectivity index (χ3v) is 4.54. The summed E-state index contributed by atoms with van der Waals surface area (Å²) < 4.78 is 1.01. The fraction of sp³-hybridized carbons (Fsp3) is 0.125. The molecule has 0 spiro atoms. The van der Waals surface area contributed by atoms with Gasteiger partial charge in [-0.05, 0) is 37.1 Å². The molecule has 1 N–H and O–H groups in total. The monoisotopic (exact) mass is 361 g/mol. The van der Waals surface area contributed by atoms with E-state index in [0.29, 0.717) is 5.13 Å². The summed E-state index contributed by atoms with van der Waals surface area (Å²) in [6.07, 6.45) is 1.33. The smallest absolute Gasteiger partial charge is 0.312 e. The molecular weight excluding hydrogens is 350 g/mol. The lowest BCUT2D eigenvalue weighted by molar-refractivity contribution is -0.385. The first-order chi connectivity index (χ1) is 11.3. The molecule has 0 saturated heterocycles. The van der Waals surface area contributed by atoms with Gasteiger partial charge < -0.3 is 5.11 Å². The predicted octanol–water partition coefficient (Wildman–Crippen LogP) is 4.93. The average molecular weight is 362 g/mol. The number of aryl methyl sites for hydroxylation is 2. The second-order valence-corrected chi connectivity index (χ2v) is 6.75. The number of nitrogens with zero attached hydrogens (tertiary/aromatic N) is 3. The van der Waals surface area contributed by atoms with E-state index < -0.39 is 16.4 Å². The van der Waals surface area contributed by atoms with Gasteiger partial charge in [-0.15, -0.1) is 0 Å². The van der Waals surface area contributed by atoms with Crippen molar-refractivity contribution in [1.29, 1.82) is 0 Å². The van der Waals surface area contributed by atoms with Crippen molar-refractivity contribution in [3.8, 4) is 5.75 Å². The fourth-order valence-electron chi connectivity index (χ4n) is 2.38. The topological polar surface area (TPSA) is 88.6 Å². The molecule has 0 aliphatic heterocycles. The van der Waals surface area contributed by atoms with E-state index in [1.807, 2.05) is 26.0 Å². The van der Waals surface area contributed by atoms with Gasteiger partial charge in [0.2, 0.25) is 10.9 Å². The average Bonchev–Trinajstić information content (AvgIpc) is 2.90. The number of rotatable bonds is 3. The molecule has 24 heavy (non-hydrogen) atoms. The molecule has 0 fully saturated rings. The minimum Gasteiger partial charge on any atom is -0.502 e. The Kier molecular flexibility index (Phi) is 4.21. The van der Waals surface area contributed by atoms with Crippen LogP contribution < -0.4 is 0 Å². The van der Waals surface area contributed by atoms with Crippen molar-refractivity contribution in [3.05, 3.63) is 56.1 Å². The Labute approximate surface area is 146 Å². The van der Waals surface area contributed by atoms with E-state index in [4.69, 9.17) is 11.6 Å². The number of aromatic nitrogens is 1. The highest BCUT2D eigenvalue weighted by Crippen LogP contribution is 2.34. The molecule has 8 heteroatoms. The Hall–Kier alpha value is -2.51. The molecule has 0 saturated carbocycles. The summed E-state index contributed by atoms with van der Waals surface area (Å²) in [5.41, 5.74) is 2.78. The maximum Gasteiger partial charge on any atom is 0.312 e. The number of halogens is 1. The molecule has 0 aliphatic carbocycles. The van der Waals surface area contributed by atoms with E-state index in [1.54, 1.807) is 0 Å². The number of phenolic OH excluding ortho intramolecular Hbond substituents is 1. The highest BCUT2D eigenvalue weighted by Gasteiger charge is 2.17. The van der Waals surface area contributed by atoms with Crippen LogP contribution in [-0.2, 0) is 0 Å². The standard InChI is InChI=1S/C16H12ClN3O3S/c1-8-3-9(2)14-13(4-8)24-16(19-14)18-7-10-5-11(17)6-12(15(10)21)20(22)23/h3-7,21H,1-2H3/b18-7+. The zero-order valence-corrected chi connectivity index (χ0v) is 14.4. The first kappa shape index (κ1) is 16.4. The number of phenols is 1. The van der Waals surface area contributed by atoms with Crippen LogP contribution in [-0.4, -0.2) is 21.2 Å². The molecule has 1 heterocycles. The quantitative estimate of drug-likeness (QED) is 0.407. The Morgan fingerprint density at radius 3 is 2.79 bits per heavy atom. The maximum atomic E-state index is 10.9. The van der Waals surface area contributed by atoms with Crippen LogP contribution in [0.2, 0.25) is 5.02 Å². The number of aliphatic imine (C=N–C) groups is 1. The van der Waals surface area contributed by atoms with Gasteiger partial charge in [-0.25, -0.2) is 9.98 Å². The Morgan fingerprint density at radius 2 is 2.08 bits per heavy atom. The van der Waals surface area contributed by atoms with Gasteiger partial charge in [-0.1, -0.05) is 29.0 Å². The van der Waals surface area contributed by atoms with E-state index in [9.17, 15) is 15.2 Å². The minimum atomic E-state index is -0.692. The number of aromatic hydroxyl groups is 1. The van der Waals surface area contributed by atoms with E-state index in [2.05, 4.69) is 9.98 Å². The Morgan fingerprint density at radius 1 is 1.33 bits per heavy atom. The van der Waals surface area contributed by atoms with Crippen molar-refractivity contribution >= 4 is 50.2 Å². The number of thiazole rings is 1. The first-order valence-corrected chi connectivity index (χ1v) is 8.13. The van der Waals surface area contributed by atoms with Crippen LogP contribution in [0.4, 0.5) is 10.8 Å². The molecule has 1 aromatic heterocycles. The van der Waals surface area contributed by atoms with Crippen molar-refractivity contribution < 1.29 is 10.0 Å². The van der Waals surface area contributed by atoms with Gasteiger partial charge >= 0.3 is 5.69 Å². The van der Waals surface area contributed by atoms with Crippen molar-refractivity contribution in [2.45, 2.75) is 13.8 Å². The van der Waals surface area contributed by atoms with E-state index in [-0.39, 0.29) is 10.6 Å². The summed E-state index contributed by atoms with van der Waals surface area (Å²) in [6.45, 7) is 3.99. The van der Waals surface area contributed by atoms with Gasteiger partial charge in [0.1, 0.15) is 0 Å². The molecule has 0 radical (unpaired) electrons. The number of nitro groups is 1. The second-order valence-electron chi connectivity index (χ2n) is 5.30. The molecule has 0 bridgehead atoms. The third-order valence-electron chi connectivity index (χ3n) is 3.41. The summed E-state index contributed by atoms with van der Waals surface area (Å²) in [7, 11) is 0. The molecule has 3 aromatic rings. The van der Waals surface area contributed by atoms with Gasteiger partial charge in [-0.3, -0.25) is 10.1 Å². The molecule has 6 nitrogen and oxygen atoms in total. The summed E-state index contributed by atoms with van der Waals surface area (Å²) in [4.78, 5) is 18.9. The molecule has 0 atom stereocenters. The second kappa shape index (κ2) is 6.18. The van der Waals surface area contributed by atoms with Crippen LogP contribution in [0.1, 0.15) is 16.7 Å². The van der Waals surface area contributed by atoms with Crippen molar-refractivity contribution in [2.24, 2.45) is 4.99 Å². The van der Waals surface area contributed by atoms with Crippen LogP contribution in [0.25, 0.3) is 10.2 Å². The summed E-state index contributed by atoms with van der Waals surface area (Å²) >= 11 is 7.27. The number of benzene rings is 2. The van der Waals surface area contributed by atoms with Crippen molar-refractivity contribution in [1.82, 2.24) is 4.98 Å². The highest BCUT2D eigenvalue weighted by molar-refractivity contribution is 7.22. The number of hydrogen-bond donors (Lipinski definition) is 1. The molecular formula is C16H12ClN3O3S. The third kappa shape index (κ3) is 3.08. The van der Waals surface area contributed by atoms with Crippen LogP contribution in [0, 0.1) is 24.0 Å². The number of hydrogen-bond acceptors (Lipinski definition) is 6. The zero-order valence-electron chi connectivity index (χ0n) is 12.8. The van der Waals surface area contributed by atoms with Crippen LogP contribution in [0.15, 0.2) is 29.3 Å². The molecule has 2 aromatic carbocycles. The van der Waals surface area contributed by atoms with E-state index >= 15 is 0 Å². The maximum absolute atomic E-state index is 10.9. The minimum absolute atomic E-state index is 0.150. The fourth-order valence-corrected chi connectivity index (χ4v) is 3.59. The summed E-state index contributed by atoms with van der Waals surface area (Å²) in [5.74, 6) is -0.471. The Bertz CT molecular complexity index is 998. The lowest BCUT2D eigenvalue weighted by Crippen LogP contribution is -1.92. The largest absolute Gasteiger partial charge is 0.502 e. The van der Waals surface area contributed by atoms with Crippen LogP contribution in [0.5, 0.6) is 5.75 Å². The van der Waals surface area contributed by atoms with Gasteiger partial charge in [0.05, 0.1) is 15.1 Å². The van der Waals surface area contributed by atoms with Gasteiger partial charge in [0, 0.05) is 22.9 Å². The van der Waals surface area contributed by atoms with Gasteiger partial charge in [0.15, 0.2) is 0 Å². The van der Waals surface area contributed by atoms with Crippen molar-refractivity contribution in [3.63, 3.8) is 0 Å². The molecule has 3 rings (SSSR count). The van der Waals surface area contributed by atoms with Crippen LogP contribution >= 0.6 is 22.9 Å². The molecule has 0 amide bonds. The lowest BCUT2D eigenvalue weighted by atomic mass is 10.1. The van der Waals surface area contributed by atoms with Gasteiger partial charge in [0.25, 0.3) is 0 Å². The SMILES string of the molecule is Cc1cc(C)c2nc(/N=C/c3cc(Cl)cc([N+](=O)[O-])c3O)sc2c1. The molecule has 0 aliphatic rings. The normalized spacial score (nSPS) is 11.5. The van der Waals surface area contributed by atoms with E-state index in [1.165, 1.54) is 23.6 Å². The van der Waals surface area contributed by atoms with Crippen LogP contribution in [0.3, 0.4) is 0 Å².